The van der Waals surface area contributed by atoms with Gasteiger partial charge in [0.2, 0.25) is 0 Å². The van der Waals surface area contributed by atoms with Crippen molar-refractivity contribution in [3.63, 3.8) is 0 Å². The Kier molecular flexibility index (Phi) is 2.95. The molecule has 0 aromatic carbocycles. The van der Waals surface area contributed by atoms with E-state index in [0.717, 1.165) is 0 Å². The number of carboxylic acids is 2. The lowest BCUT2D eigenvalue weighted by Crippen LogP contribution is -2.30. The summed E-state index contributed by atoms with van der Waals surface area (Å²) in [6.07, 6.45) is 2.95. The smallest absolute Gasteiger partial charge is 0.331 e. The fourth-order valence-electron chi connectivity index (χ4n) is 1.48. The minimum atomic E-state index is -1.15. The SMILES string of the molecule is CC1(C(=O)O)C=CC(CN)=C(C(=O)O)C1. The van der Waals surface area contributed by atoms with Crippen LogP contribution in [0.15, 0.2) is 23.3 Å². The zero-order valence-electron chi connectivity index (χ0n) is 8.36. The zero-order chi connectivity index (χ0) is 11.6. The molecule has 1 aliphatic carbocycles. The Morgan fingerprint density at radius 3 is 2.53 bits per heavy atom. The first-order valence-corrected chi connectivity index (χ1v) is 4.49. The van der Waals surface area contributed by atoms with Crippen LogP contribution in [0.2, 0.25) is 0 Å². The molecular weight excluding hydrogens is 198 g/mol. The molecule has 0 saturated carbocycles. The number of carbonyl (C=O) groups is 2. The van der Waals surface area contributed by atoms with Crippen LogP contribution in [0.4, 0.5) is 0 Å². The van der Waals surface area contributed by atoms with E-state index in [-0.39, 0.29) is 18.5 Å². The van der Waals surface area contributed by atoms with Crippen LogP contribution in [-0.4, -0.2) is 28.7 Å². The van der Waals surface area contributed by atoms with Gasteiger partial charge in [0.1, 0.15) is 0 Å². The van der Waals surface area contributed by atoms with Crippen molar-refractivity contribution < 1.29 is 19.8 Å². The molecule has 1 atom stereocenters. The molecule has 5 nitrogen and oxygen atoms in total. The summed E-state index contributed by atoms with van der Waals surface area (Å²) in [7, 11) is 0. The highest BCUT2D eigenvalue weighted by molar-refractivity contribution is 5.91. The maximum atomic E-state index is 10.9. The Labute approximate surface area is 86.9 Å². The zero-order valence-corrected chi connectivity index (χ0v) is 8.36. The average Bonchev–Trinajstić information content (AvgIpc) is 2.17. The molecule has 0 radical (unpaired) electrons. The van der Waals surface area contributed by atoms with Gasteiger partial charge in [0.25, 0.3) is 0 Å². The lowest BCUT2D eigenvalue weighted by Gasteiger charge is -2.25. The molecule has 0 aliphatic heterocycles. The van der Waals surface area contributed by atoms with Crippen molar-refractivity contribution in [1.82, 2.24) is 0 Å². The quantitative estimate of drug-likeness (QED) is 0.626. The molecule has 0 amide bonds. The molecule has 1 unspecified atom stereocenters. The molecule has 0 saturated heterocycles. The fourth-order valence-corrected chi connectivity index (χ4v) is 1.48. The molecule has 15 heavy (non-hydrogen) atoms. The summed E-state index contributed by atoms with van der Waals surface area (Å²) in [6, 6.07) is 0. The fraction of sp³-hybridized carbons (Fsp3) is 0.400. The van der Waals surface area contributed by atoms with E-state index in [2.05, 4.69) is 0 Å². The second-order valence-corrected chi connectivity index (χ2v) is 3.75. The molecule has 82 valence electrons. The number of carboxylic acid groups (broad SMARTS) is 2. The van der Waals surface area contributed by atoms with Gasteiger partial charge in [0, 0.05) is 12.1 Å². The summed E-state index contributed by atoms with van der Waals surface area (Å²) in [4.78, 5) is 21.8. The van der Waals surface area contributed by atoms with E-state index >= 15 is 0 Å². The summed E-state index contributed by atoms with van der Waals surface area (Å²) >= 11 is 0. The van der Waals surface area contributed by atoms with Gasteiger partial charge in [0.15, 0.2) is 0 Å². The second kappa shape index (κ2) is 3.86. The lowest BCUT2D eigenvalue weighted by atomic mass is 9.78. The summed E-state index contributed by atoms with van der Waals surface area (Å²) in [5, 5.41) is 17.9. The van der Waals surface area contributed by atoms with Crippen LogP contribution < -0.4 is 5.73 Å². The lowest BCUT2D eigenvalue weighted by molar-refractivity contribution is -0.145. The molecule has 4 N–H and O–H groups in total. The minimum absolute atomic E-state index is 0.0271. The van der Waals surface area contributed by atoms with Crippen LogP contribution in [0.1, 0.15) is 13.3 Å². The van der Waals surface area contributed by atoms with Crippen molar-refractivity contribution in [3.8, 4) is 0 Å². The third kappa shape index (κ3) is 2.07. The standard InChI is InChI=1S/C10H13NO4/c1-10(9(14)15)3-2-6(5-11)7(4-10)8(12)13/h2-3H,4-5,11H2,1H3,(H,12,13)(H,14,15). The number of hydrogen-bond acceptors (Lipinski definition) is 3. The van der Waals surface area contributed by atoms with Crippen LogP contribution >= 0.6 is 0 Å². The highest BCUT2D eigenvalue weighted by atomic mass is 16.4. The van der Waals surface area contributed by atoms with E-state index in [9.17, 15) is 9.59 Å². The third-order valence-corrected chi connectivity index (χ3v) is 2.55. The molecule has 0 heterocycles. The van der Waals surface area contributed by atoms with Crippen LogP contribution in [0.25, 0.3) is 0 Å². The van der Waals surface area contributed by atoms with E-state index in [1.807, 2.05) is 0 Å². The van der Waals surface area contributed by atoms with Crippen molar-refractivity contribution in [2.24, 2.45) is 11.1 Å². The van der Waals surface area contributed by atoms with Crippen molar-refractivity contribution in [3.05, 3.63) is 23.3 Å². The van der Waals surface area contributed by atoms with E-state index in [0.29, 0.717) is 5.57 Å². The second-order valence-electron chi connectivity index (χ2n) is 3.75. The average molecular weight is 211 g/mol. The first-order chi connectivity index (χ1) is 6.90. The predicted octanol–water partition coefficient (Wildman–Crippen LogP) is 0.377. The van der Waals surface area contributed by atoms with Crippen LogP contribution in [0.3, 0.4) is 0 Å². The maximum Gasteiger partial charge on any atom is 0.331 e. The van der Waals surface area contributed by atoms with Gasteiger partial charge in [-0.25, -0.2) is 4.79 Å². The summed E-state index contributed by atoms with van der Waals surface area (Å²) in [6.45, 7) is 1.59. The number of hydrogen-bond donors (Lipinski definition) is 3. The molecule has 0 aromatic rings. The molecule has 0 aromatic heterocycles. The van der Waals surface area contributed by atoms with Crippen LogP contribution in [-0.2, 0) is 9.59 Å². The third-order valence-electron chi connectivity index (χ3n) is 2.55. The van der Waals surface area contributed by atoms with Gasteiger partial charge in [-0.3, -0.25) is 4.79 Å². The highest BCUT2D eigenvalue weighted by Gasteiger charge is 2.36. The van der Waals surface area contributed by atoms with Gasteiger partial charge in [-0.1, -0.05) is 12.2 Å². The summed E-state index contributed by atoms with van der Waals surface area (Å²) in [5.74, 6) is -2.14. The van der Waals surface area contributed by atoms with E-state index in [1.54, 1.807) is 0 Å². The topological polar surface area (TPSA) is 101 Å². The molecule has 0 fully saturated rings. The molecule has 0 spiro atoms. The number of aliphatic carboxylic acids is 2. The molecule has 5 heteroatoms. The Balaban J connectivity index is 3.10. The molecule has 1 rings (SSSR count). The first-order valence-electron chi connectivity index (χ1n) is 4.49. The maximum absolute atomic E-state index is 10.9. The van der Waals surface area contributed by atoms with E-state index in [1.165, 1.54) is 19.1 Å². The van der Waals surface area contributed by atoms with E-state index < -0.39 is 17.4 Å². The van der Waals surface area contributed by atoms with Crippen molar-refractivity contribution in [2.45, 2.75) is 13.3 Å². The first kappa shape index (κ1) is 11.5. The van der Waals surface area contributed by atoms with Gasteiger partial charge < -0.3 is 15.9 Å². The van der Waals surface area contributed by atoms with Crippen molar-refractivity contribution >= 4 is 11.9 Å². The van der Waals surface area contributed by atoms with Gasteiger partial charge >= 0.3 is 11.9 Å². The predicted molar refractivity (Wildman–Crippen MR) is 53.2 cm³/mol. The molecule has 1 aliphatic rings. The van der Waals surface area contributed by atoms with Gasteiger partial charge in [-0.15, -0.1) is 0 Å². The Hall–Kier alpha value is -1.62. The van der Waals surface area contributed by atoms with E-state index in [4.69, 9.17) is 15.9 Å². The van der Waals surface area contributed by atoms with Crippen LogP contribution in [0, 0.1) is 5.41 Å². The van der Waals surface area contributed by atoms with Gasteiger partial charge in [0.05, 0.1) is 5.41 Å². The molecular formula is C10H13NO4. The normalized spacial score (nSPS) is 25.5. The Bertz CT molecular complexity index is 370. The van der Waals surface area contributed by atoms with Gasteiger partial charge in [-0.05, 0) is 18.9 Å². The monoisotopic (exact) mass is 211 g/mol. The van der Waals surface area contributed by atoms with Crippen LogP contribution in [0.5, 0.6) is 0 Å². The number of nitrogens with two attached hydrogens (primary N) is 1. The Morgan fingerprint density at radius 1 is 1.53 bits per heavy atom. The minimum Gasteiger partial charge on any atom is -0.481 e. The molecule has 0 bridgehead atoms. The largest absolute Gasteiger partial charge is 0.481 e. The summed E-state index contributed by atoms with van der Waals surface area (Å²) in [5.41, 5.74) is 4.80. The summed E-state index contributed by atoms with van der Waals surface area (Å²) < 4.78 is 0. The highest BCUT2D eigenvalue weighted by Crippen LogP contribution is 2.34. The van der Waals surface area contributed by atoms with Gasteiger partial charge in [-0.2, -0.15) is 0 Å². The van der Waals surface area contributed by atoms with Crippen molar-refractivity contribution in [1.29, 1.82) is 0 Å². The van der Waals surface area contributed by atoms with Crippen molar-refractivity contribution in [2.75, 3.05) is 6.54 Å². The Morgan fingerprint density at radius 2 is 2.13 bits per heavy atom. The number of rotatable bonds is 3.